The molecule has 1 aliphatic heterocycles. The molecule has 0 radical (unpaired) electrons. The number of hydrogen-bond donors (Lipinski definition) is 3. The van der Waals surface area contributed by atoms with Crippen molar-refractivity contribution in [2.45, 2.75) is 43.6 Å². The van der Waals surface area contributed by atoms with E-state index in [1.165, 1.54) is 19.3 Å². The van der Waals surface area contributed by atoms with Crippen LogP contribution in [0.4, 0.5) is 5.69 Å². The highest BCUT2D eigenvalue weighted by atomic mass is 16.5. The van der Waals surface area contributed by atoms with Gasteiger partial charge in [-0.05, 0) is 43.9 Å². The normalized spacial score (nSPS) is 21.1. The number of anilines is 1. The lowest BCUT2D eigenvalue weighted by Crippen LogP contribution is -2.54. The second-order valence-corrected chi connectivity index (χ2v) is 6.70. The number of nitrogens with two attached hydrogens (primary N) is 1. The molecule has 4 N–H and O–H groups in total. The van der Waals surface area contributed by atoms with Crippen molar-refractivity contribution in [3.63, 3.8) is 0 Å². The summed E-state index contributed by atoms with van der Waals surface area (Å²) in [4.78, 5) is 20.5. The minimum absolute atomic E-state index is 0.140. The van der Waals surface area contributed by atoms with Crippen LogP contribution < -0.4 is 11.1 Å². The molecule has 1 aromatic heterocycles. The third-order valence-corrected chi connectivity index (χ3v) is 5.09. The van der Waals surface area contributed by atoms with E-state index in [9.17, 15) is 4.79 Å². The number of benzene rings is 1. The van der Waals surface area contributed by atoms with Crippen molar-refractivity contribution in [2.75, 3.05) is 18.5 Å². The molecule has 0 atom stereocenters. The molecule has 2 aliphatic rings. The predicted octanol–water partition coefficient (Wildman–Crippen LogP) is 2.28. The van der Waals surface area contributed by atoms with E-state index in [0.29, 0.717) is 32.0 Å². The molecular formula is C17H22N4O2. The minimum Gasteiger partial charge on any atom is -0.381 e. The summed E-state index contributed by atoms with van der Waals surface area (Å²) in [5, 5.41) is 2.94. The van der Waals surface area contributed by atoms with Crippen LogP contribution in [0, 0.1) is 0 Å². The van der Waals surface area contributed by atoms with Gasteiger partial charge in [-0.3, -0.25) is 4.79 Å². The predicted molar refractivity (Wildman–Crippen MR) is 88.3 cm³/mol. The highest BCUT2D eigenvalue weighted by Crippen LogP contribution is 2.35. The van der Waals surface area contributed by atoms with Gasteiger partial charge in [0.25, 0.3) is 0 Å². The zero-order valence-electron chi connectivity index (χ0n) is 13.1. The highest BCUT2D eigenvalue weighted by molar-refractivity contribution is 5.99. The van der Waals surface area contributed by atoms with E-state index in [0.717, 1.165) is 22.5 Å². The molecule has 6 nitrogen and oxygen atoms in total. The molecule has 4 rings (SSSR count). The molecule has 1 aliphatic carbocycles. The van der Waals surface area contributed by atoms with Crippen molar-refractivity contribution >= 4 is 22.6 Å². The van der Waals surface area contributed by atoms with Gasteiger partial charge in [0.15, 0.2) is 0 Å². The van der Waals surface area contributed by atoms with Crippen molar-refractivity contribution in [3.05, 3.63) is 24.0 Å². The Morgan fingerprint density at radius 3 is 2.83 bits per heavy atom. The Morgan fingerprint density at radius 2 is 2.13 bits per heavy atom. The Balaban J connectivity index is 1.53. The van der Waals surface area contributed by atoms with Gasteiger partial charge in [0, 0.05) is 24.8 Å². The molecule has 1 aromatic carbocycles. The maximum atomic E-state index is 12.5. The van der Waals surface area contributed by atoms with Crippen molar-refractivity contribution < 1.29 is 9.53 Å². The lowest BCUT2D eigenvalue weighted by atomic mass is 9.85. The van der Waals surface area contributed by atoms with Crippen LogP contribution in [0.2, 0.25) is 0 Å². The average Bonchev–Trinajstić information content (AvgIpc) is 2.88. The second-order valence-electron chi connectivity index (χ2n) is 6.70. The zero-order valence-corrected chi connectivity index (χ0v) is 13.1. The van der Waals surface area contributed by atoms with Gasteiger partial charge in [-0.2, -0.15) is 0 Å². The van der Waals surface area contributed by atoms with Crippen LogP contribution in [0.3, 0.4) is 0 Å². The maximum Gasteiger partial charge on any atom is 0.244 e. The van der Waals surface area contributed by atoms with Gasteiger partial charge in [0.1, 0.15) is 11.4 Å². The van der Waals surface area contributed by atoms with Crippen molar-refractivity contribution in [1.82, 2.24) is 9.97 Å². The lowest BCUT2D eigenvalue weighted by Gasteiger charge is -2.31. The van der Waals surface area contributed by atoms with E-state index in [4.69, 9.17) is 10.5 Å². The fourth-order valence-corrected chi connectivity index (χ4v) is 3.20. The standard InChI is InChI=1S/C17H22N4O2/c18-17(6-8-23-9-7-17)16(22)19-12-4-5-13-14(10-12)21-15(20-13)11-2-1-3-11/h4-5,10-11H,1-3,6-9,18H2,(H,19,22)(H,20,21). The third-order valence-electron chi connectivity index (χ3n) is 5.09. The van der Waals surface area contributed by atoms with Crippen LogP contribution in [-0.2, 0) is 9.53 Å². The van der Waals surface area contributed by atoms with Gasteiger partial charge < -0.3 is 20.8 Å². The number of H-pyrrole nitrogens is 1. The first-order valence-electron chi connectivity index (χ1n) is 8.32. The molecule has 6 heteroatoms. The van der Waals surface area contributed by atoms with Gasteiger partial charge in [-0.15, -0.1) is 0 Å². The molecular weight excluding hydrogens is 292 g/mol. The van der Waals surface area contributed by atoms with Crippen LogP contribution in [0.5, 0.6) is 0 Å². The fourth-order valence-electron chi connectivity index (χ4n) is 3.20. The summed E-state index contributed by atoms with van der Waals surface area (Å²) >= 11 is 0. The van der Waals surface area contributed by atoms with E-state index in [2.05, 4.69) is 15.3 Å². The Bertz CT molecular complexity index is 729. The molecule has 1 saturated carbocycles. The van der Waals surface area contributed by atoms with E-state index < -0.39 is 5.54 Å². The number of rotatable bonds is 3. The summed E-state index contributed by atoms with van der Waals surface area (Å²) in [5.74, 6) is 1.49. The molecule has 0 spiro atoms. The number of nitrogens with one attached hydrogen (secondary N) is 2. The maximum absolute atomic E-state index is 12.5. The molecule has 1 amide bonds. The Kier molecular flexibility index (Phi) is 3.58. The van der Waals surface area contributed by atoms with Crippen molar-refractivity contribution in [1.29, 1.82) is 0 Å². The minimum atomic E-state index is -0.835. The first kappa shape index (κ1) is 14.7. The van der Waals surface area contributed by atoms with Gasteiger partial charge >= 0.3 is 0 Å². The van der Waals surface area contributed by atoms with E-state index >= 15 is 0 Å². The summed E-state index contributed by atoms with van der Waals surface area (Å²) in [5.41, 5.74) is 8.04. The zero-order chi connectivity index (χ0) is 15.9. The molecule has 0 unspecified atom stereocenters. The third kappa shape index (κ3) is 2.72. The van der Waals surface area contributed by atoms with E-state index in [1.54, 1.807) is 0 Å². The Morgan fingerprint density at radius 1 is 1.35 bits per heavy atom. The Hall–Kier alpha value is -1.92. The first-order chi connectivity index (χ1) is 11.1. The summed E-state index contributed by atoms with van der Waals surface area (Å²) in [6.07, 6.45) is 4.81. The number of carbonyl (C=O) groups excluding carboxylic acids is 1. The number of nitrogens with zero attached hydrogens (tertiary/aromatic N) is 1. The summed E-state index contributed by atoms with van der Waals surface area (Å²) < 4.78 is 5.29. The van der Waals surface area contributed by atoms with Crippen LogP contribution >= 0.6 is 0 Å². The number of ether oxygens (including phenoxy) is 1. The smallest absolute Gasteiger partial charge is 0.244 e. The molecule has 2 aromatic rings. The Labute approximate surface area is 134 Å². The molecule has 1 saturated heterocycles. The van der Waals surface area contributed by atoms with Gasteiger partial charge in [0.05, 0.1) is 11.0 Å². The fraction of sp³-hybridized carbons (Fsp3) is 0.529. The summed E-state index contributed by atoms with van der Waals surface area (Å²) in [6, 6.07) is 5.76. The van der Waals surface area contributed by atoms with E-state index in [-0.39, 0.29) is 5.91 Å². The number of amides is 1. The van der Waals surface area contributed by atoms with Crippen molar-refractivity contribution in [2.24, 2.45) is 5.73 Å². The molecule has 2 fully saturated rings. The second kappa shape index (κ2) is 5.62. The number of imidazole rings is 1. The summed E-state index contributed by atoms with van der Waals surface area (Å²) in [6.45, 7) is 1.07. The number of aromatic amines is 1. The molecule has 0 bridgehead atoms. The number of fused-ring (bicyclic) bond motifs is 1. The van der Waals surface area contributed by atoms with Crippen LogP contribution in [0.1, 0.15) is 43.8 Å². The lowest BCUT2D eigenvalue weighted by molar-refractivity contribution is -0.124. The quantitative estimate of drug-likeness (QED) is 0.810. The molecule has 23 heavy (non-hydrogen) atoms. The SMILES string of the molecule is NC1(C(=O)Nc2ccc3nc(C4CCC4)[nH]c3c2)CCOCC1. The van der Waals surface area contributed by atoms with Gasteiger partial charge in [-0.1, -0.05) is 6.42 Å². The monoisotopic (exact) mass is 314 g/mol. The number of carbonyl (C=O) groups is 1. The van der Waals surface area contributed by atoms with Gasteiger partial charge in [-0.25, -0.2) is 4.98 Å². The average molecular weight is 314 g/mol. The van der Waals surface area contributed by atoms with Gasteiger partial charge in [0.2, 0.25) is 5.91 Å². The van der Waals surface area contributed by atoms with Crippen molar-refractivity contribution in [3.8, 4) is 0 Å². The largest absolute Gasteiger partial charge is 0.381 e. The number of hydrogen-bond acceptors (Lipinski definition) is 4. The summed E-state index contributed by atoms with van der Waals surface area (Å²) in [7, 11) is 0. The van der Waals surface area contributed by atoms with Crippen LogP contribution in [0.15, 0.2) is 18.2 Å². The van der Waals surface area contributed by atoms with E-state index in [1.807, 2.05) is 18.2 Å². The first-order valence-corrected chi connectivity index (χ1v) is 8.32. The highest BCUT2D eigenvalue weighted by Gasteiger charge is 2.36. The molecule has 2 heterocycles. The van der Waals surface area contributed by atoms with Crippen LogP contribution in [0.25, 0.3) is 11.0 Å². The van der Waals surface area contributed by atoms with Crippen LogP contribution in [-0.4, -0.2) is 34.6 Å². The molecule has 122 valence electrons. The topological polar surface area (TPSA) is 93.0 Å². The number of aromatic nitrogens is 2.